The van der Waals surface area contributed by atoms with E-state index < -0.39 is 0 Å². The van der Waals surface area contributed by atoms with Crippen LogP contribution < -0.4 is 5.32 Å². The Labute approximate surface area is 89.4 Å². The quantitative estimate of drug-likeness (QED) is 0.610. The van der Waals surface area contributed by atoms with Crippen LogP contribution in [-0.2, 0) is 4.74 Å². The third kappa shape index (κ3) is 5.61. The van der Waals surface area contributed by atoms with E-state index in [0.717, 1.165) is 18.4 Å². The van der Waals surface area contributed by atoms with Crippen LogP contribution in [0.3, 0.4) is 0 Å². The number of nitrogens with one attached hydrogen (secondary N) is 1. The highest BCUT2D eigenvalue weighted by Gasteiger charge is 2.18. The van der Waals surface area contributed by atoms with Gasteiger partial charge in [0.05, 0.1) is 0 Å². The number of unbranched alkanes of at least 4 members (excludes halogenated alkanes) is 1. The Morgan fingerprint density at radius 1 is 1.14 bits per heavy atom. The molecule has 2 atom stereocenters. The molecule has 0 aliphatic heterocycles. The molecule has 0 heterocycles. The van der Waals surface area contributed by atoms with E-state index in [9.17, 15) is 0 Å². The molecule has 0 fully saturated rings. The van der Waals surface area contributed by atoms with Gasteiger partial charge in [-0.1, -0.05) is 20.3 Å². The first-order valence-corrected chi connectivity index (χ1v) is 5.79. The minimum atomic E-state index is 0.623. The molecule has 2 unspecified atom stereocenters. The van der Waals surface area contributed by atoms with Gasteiger partial charge in [-0.25, -0.2) is 0 Å². The molecule has 1 N–H and O–H groups in total. The van der Waals surface area contributed by atoms with Gasteiger partial charge in [0.2, 0.25) is 0 Å². The summed E-state index contributed by atoms with van der Waals surface area (Å²) in [5, 5.41) is 3.36. The third-order valence-corrected chi connectivity index (χ3v) is 3.09. The lowest BCUT2D eigenvalue weighted by Crippen LogP contribution is -2.33. The Balaban J connectivity index is 3.74. The maximum atomic E-state index is 5.06. The van der Waals surface area contributed by atoms with E-state index >= 15 is 0 Å². The van der Waals surface area contributed by atoms with Crippen molar-refractivity contribution >= 4 is 0 Å². The molecule has 0 saturated heterocycles. The van der Waals surface area contributed by atoms with Crippen LogP contribution in [-0.4, -0.2) is 26.8 Å². The Bertz CT molecular complexity index is 125. The van der Waals surface area contributed by atoms with Gasteiger partial charge in [-0.3, -0.25) is 0 Å². The van der Waals surface area contributed by atoms with Crippen molar-refractivity contribution in [3.05, 3.63) is 0 Å². The van der Waals surface area contributed by atoms with Crippen molar-refractivity contribution in [2.45, 2.75) is 46.1 Å². The van der Waals surface area contributed by atoms with Gasteiger partial charge in [0.1, 0.15) is 0 Å². The van der Waals surface area contributed by atoms with Crippen molar-refractivity contribution in [2.24, 2.45) is 11.8 Å². The minimum Gasteiger partial charge on any atom is -0.385 e. The van der Waals surface area contributed by atoms with Crippen molar-refractivity contribution in [1.29, 1.82) is 0 Å². The Kier molecular flexibility index (Phi) is 8.20. The van der Waals surface area contributed by atoms with Gasteiger partial charge in [0.15, 0.2) is 0 Å². The van der Waals surface area contributed by atoms with Gasteiger partial charge in [-0.2, -0.15) is 0 Å². The SMILES string of the molecule is CNC(C)C(CCCCOC)C(C)C. The zero-order chi connectivity index (χ0) is 11.0. The summed E-state index contributed by atoms with van der Waals surface area (Å²) in [5.41, 5.74) is 0. The van der Waals surface area contributed by atoms with Gasteiger partial charge in [-0.15, -0.1) is 0 Å². The predicted molar refractivity (Wildman–Crippen MR) is 62.6 cm³/mol. The van der Waals surface area contributed by atoms with Crippen molar-refractivity contribution in [3.8, 4) is 0 Å². The summed E-state index contributed by atoms with van der Waals surface area (Å²) < 4.78 is 5.06. The summed E-state index contributed by atoms with van der Waals surface area (Å²) in [6.07, 6.45) is 3.78. The molecule has 0 aromatic carbocycles. The van der Waals surface area contributed by atoms with E-state index in [1.54, 1.807) is 7.11 Å². The van der Waals surface area contributed by atoms with Crippen LogP contribution >= 0.6 is 0 Å². The molecule has 0 aliphatic carbocycles. The van der Waals surface area contributed by atoms with E-state index in [1.807, 2.05) is 0 Å². The minimum absolute atomic E-state index is 0.623. The Morgan fingerprint density at radius 3 is 2.21 bits per heavy atom. The molecular formula is C12H27NO. The van der Waals surface area contributed by atoms with Gasteiger partial charge in [-0.05, 0) is 38.6 Å². The first-order valence-electron chi connectivity index (χ1n) is 5.79. The van der Waals surface area contributed by atoms with Crippen molar-refractivity contribution in [3.63, 3.8) is 0 Å². The maximum absolute atomic E-state index is 5.06. The van der Waals surface area contributed by atoms with E-state index in [0.29, 0.717) is 6.04 Å². The monoisotopic (exact) mass is 201 g/mol. The normalized spacial score (nSPS) is 15.9. The molecule has 2 nitrogen and oxygen atoms in total. The fraction of sp³-hybridized carbons (Fsp3) is 1.00. The van der Waals surface area contributed by atoms with Crippen LogP contribution in [0.1, 0.15) is 40.0 Å². The number of hydrogen-bond acceptors (Lipinski definition) is 2. The van der Waals surface area contributed by atoms with Crippen LogP contribution in [0.25, 0.3) is 0 Å². The average molecular weight is 201 g/mol. The lowest BCUT2D eigenvalue weighted by molar-refractivity contribution is 0.185. The molecule has 86 valence electrons. The fourth-order valence-corrected chi connectivity index (χ4v) is 2.00. The predicted octanol–water partition coefficient (Wildman–Crippen LogP) is 2.68. The van der Waals surface area contributed by atoms with Crippen LogP contribution in [0.5, 0.6) is 0 Å². The van der Waals surface area contributed by atoms with E-state index in [4.69, 9.17) is 4.74 Å². The second-order valence-electron chi connectivity index (χ2n) is 4.47. The molecule has 2 heteroatoms. The first kappa shape index (κ1) is 13.9. The topological polar surface area (TPSA) is 21.3 Å². The molecule has 14 heavy (non-hydrogen) atoms. The van der Waals surface area contributed by atoms with Gasteiger partial charge < -0.3 is 10.1 Å². The zero-order valence-corrected chi connectivity index (χ0v) is 10.5. The van der Waals surface area contributed by atoms with Crippen LogP contribution in [0, 0.1) is 11.8 Å². The number of methoxy groups -OCH3 is 1. The van der Waals surface area contributed by atoms with Crippen molar-refractivity contribution in [1.82, 2.24) is 5.32 Å². The molecule has 0 aromatic heterocycles. The lowest BCUT2D eigenvalue weighted by Gasteiger charge is -2.27. The molecule has 0 aliphatic rings. The van der Waals surface area contributed by atoms with E-state index in [-0.39, 0.29) is 0 Å². The summed E-state index contributed by atoms with van der Waals surface area (Å²) in [6, 6.07) is 0.623. The largest absolute Gasteiger partial charge is 0.385 e. The number of ether oxygens (including phenoxy) is 1. The van der Waals surface area contributed by atoms with Crippen molar-refractivity contribution < 1.29 is 4.74 Å². The smallest absolute Gasteiger partial charge is 0.0462 e. The first-order chi connectivity index (χ1) is 6.63. The summed E-state index contributed by atoms with van der Waals surface area (Å²) in [7, 11) is 3.82. The lowest BCUT2D eigenvalue weighted by atomic mass is 9.85. The van der Waals surface area contributed by atoms with E-state index in [2.05, 4.69) is 33.1 Å². The molecule has 0 radical (unpaired) electrons. The zero-order valence-electron chi connectivity index (χ0n) is 10.5. The summed E-state index contributed by atoms with van der Waals surface area (Å²) in [6.45, 7) is 7.81. The van der Waals surface area contributed by atoms with Gasteiger partial charge in [0.25, 0.3) is 0 Å². The molecular weight excluding hydrogens is 174 g/mol. The summed E-state index contributed by atoms with van der Waals surface area (Å²) in [5.74, 6) is 1.55. The van der Waals surface area contributed by atoms with E-state index in [1.165, 1.54) is 19.3 Å². The standard InChI is InChI=1S/C12H27NO/c1-10(2)12(11(3)13-4)8-6-7-9-14-5/h10-13H,6-9H2,1-5H3. The second-order valence-corrected chi connectivity index (χ2v) is 4.47. The summed E-state index contributed by atoms with van der Waals surface area (Å²) in [4.78, 5) is 0. The number of rotatable bonds is 8. The molecule has 0 bridgehead atoms. The second kappa shape index (κ2) is 8.25. The number of hydrogen-bond donors (Lipinski definition) is 1. The molecule has 0 aromatic rings. The van der Waals surface area contributed by atoms with Gasteiger partial charge in [0, 0.05) is 19.8 Å². The third-order valence-electron chi connectivity index (χ3n) is 3.09. The Morgan fingerprint density at radius 2 is 1.79 bits per heavy atom. The molecule has 0 saturated carbocycles. The van der Waals surface area contributed by atoms with Crippen LogP contribution in [0.4, 0.5) is 0 Å². The van der Waals surface area contributed by atoms with Crippen LogP contribution in [0.2, 0.25) is 0 Å². The molecule has 0 spiro atoms. The maximum Gasteiger partial charge on any atom is 0.0462 e. The Hall–Kier alpha value is -0.0800. The molecule has 0 rings (SSSR count). The van der Waals surface area contributed by atoms with Gasteiger partial charge >= 0.3 is 0 Å². The highest BCUT2D eigenvalue weighted by Crippen LogP contribution is 2.21. The highest BCUT2D eigenvalue weighted by atomic mass is 16.5. The summed E-state index contributed by atoms with van der Waals surface area (Å²) >= 11 is 0. The fourth-order valence-electron chi connectivity index (χ4n) is 2.00. The highest BCUT2D eigenvalue weighted by molar-refractivity contribution is 4.73. The molecule has 0 amide bonds. The average Bonchev–Trinajstić information content (AvgIpc) is 2.16. The van der Waals surface area contributed by atoms with Crippen molar-refractivity contribution in [2.75, 3.05) is 20.8 Å². The van der Waals surface area contributed by atoms with Crippen LogP contribution in [0.15, 0.2) is 0 Å².